The molecule has 1 heterocycles. The van der Waals surface area contributed by atoms with E-state index >= 15 is 0 Å². The summed E-state index contributed by atoms with van der Waals surface area (Å²) in [7, 11) is 1.72. The number of aromatic amines is 1. The third-order valence-corrected chi connectivity index (χ3v) is 4.72. The van der Waals surface area contributed by atoms with Crippen molar-refractivity contribution < 1.29 is 9.13 Å². The Morgan fingerprint density at radius 1 is 1.50 bits per heavy atom. The number of benzene rings is 1. The summed E-state index contributed by atoms with van der Waals surface area (Å²) in [4.78, 5) is 3.05. The summed E-state index contributed by atoms with van der Waals surface area (Å²) in [6, 6.07) is 3.05. The van der Waals surface area contributed by atoms with Crippen molar-refractivity contribution in [1.82, 2.24) is 9.55 Å². The topological polar surface area (TPSA) is 29.9 Å². The maximum absolute atomic E-state index is 13.5. The van der Waals surface area contributed by atoms with Gasteiger partial charge in [0.15, 0.2) is 4.77 Å². The number of nitrogens with one attached hydrogen (secondary N) is 1. The zero-order valence-electron chi connectivity index (χ0n) is 11.2. The van der Waals surface area contributed by atoms with Gasteiger partial charge in [-0.1, -0.05) is 11.6 Å². The molecule has 0 unspecified atom stereocenters. The molecule has 0 spiro atoms. The molecule has 1 fully saturated rings. The highest BCUT2D eigenvalue weighted by atomic mass is 35.5. The molecule has 1 aliphatic carbocycles. The lowest BCUT2D eigenvalue weighted by molar-refractivity contribution is 0.167. The molecule has 3 nitrogen and oxygen atoms in total. The van der Waals surface area contributed by atoms with Crippen LogP contribution in [0.3, 0.4) is 0 Å². The van der Waals surface area contributed by atoms with Crippen LogP contribution in [-0.4, -0.2) is 23.3 Å². The van der Waals surface area contributed by atoms with Crippen LogP contribution >= 0.6 is 23.8 Å². The number of ether oxygens (including phenoxy) is 1. The molecular weight excluding hydrogens is 299 g/mol. The normalized spacial score (nSPS) is 16.8. The molecule has 0 bridgehead atoms. The number of nitrogens with zero attached hydrogens (tertiary/aromatic N) is 1. The highest BCUT2D eigenvalue weighted by molar-refractivity contribution is 7.71. The summed E-state index contributed by atoms with van der Waals surface area (Å²) in [5, 5.41) is 0.127. The Balaban J connectivity index is 1.97. The molecule has 0 amide bonds. The van der Waals surface area contributed by atoms with E-state index in [1.54, 1.807) is 13.2 Å². The third kappa shape index (κ3) is 2.50. The summed E-state index contributed by atoms with van der Waals surface area (Å²) >= 11 is 11.2. The van der Waals surface area contributed by atoms with Crippen LogP contribution < -0.4 is 0 Å². The van der Waals surface area contributed by atoms with E-state index in [1.807, 2.05) is 4.57 Å². The van der Waals surface area contributed by atoms with Crippen LogP contribution in [0.5, 0.6) is 0 Å². The van der Waals surface area contributed by atoms with Gasteiger partial charge in [0, 0.05) is 26.3 Å². The number of fused-ring (bicyclic) bond motifs is 1. The minimum absolute atomic E-state index is 0.127. The molecular formula is C14H16ClFN2OS. The van der Waals surface area contributed by atoms with Gasteiger partial charge < -0.3 is 14.3 Å². The average molecular weight is 315 g/mol. The van der Waals surface area contributed by atoms with Gasteiger partial charge in [0.1, 0.15) is 5.82 Å². The van der Waals surface area contributed by atoms with Gasteiger partial charge in [-0.15, -0.1) is 0 Å². The van der Waals surface area contributed by atoms with E-state index in [-0.39, 0.29) is 10.4 Å². The van der Waals surface area contributed by atoms with E-state index in [9.17, 15) is 4.39 Å². The monoisotopic (exact) mass is 314 g/mol. The van der Waals surface area contributed by atoms with Crippen molar-refractivity contribution in [3.05, 3.63) is 27.7 Å². The van der Waals surface area contributed by atoms with E-state index in [1.165, 1.54) is 18.9 Å². The summed E-state index contributed by atoms with van der Waals surface area (Å²) in [6.07, 6.45) is 3.38. The number of hydrogen-bond donors (Lipinski definition) is 1. The lowest BCUT2D eigenvalue weighted by atomic mass is 10.0. The molecule has 1 aliphatic rings. The largest absolute Gasteiger partial charge is 0.385 e. The highest BCUT2D eigenvalue weighted by Gasteiger charge is 2.42. The van der Waals surface area contributed by atoms with E-state index in [2.05, 4.69) is 4.98 Å². The number of imidazole rings is 1. The van der Waals surface area contributed by atoms with E-state index in [0.29, 0.717) is 10.3 Å². The number of aromatic nitrogens is 2. The number of rotatable bonds is 5. The number of hydrogen-bond acceptors (Lipinski definition) is 2. The van der Waals surface area contributed by atoms with Gasteiger partial charge in [-0.25, -0.2) is 4.39 Å². The van der Waals surface area contributed by atoms with Crippen molar-refractivity contribution in [3.8, 4) is 0 Å². The first-order chi connectivity index (χ1) is 9.54. The molecule has 0 atom stereocenters. The number of methoxy groups -OCH3 is 1. The second kappa shape index (κ2) is 5.13. The van der Waals surface area contributed by atoms with Gasteiger partial charge in [-0.3, -0.25) is 0 Å². The van der Waals surface area contributed by atoms with Crippen LogP contribution in [0.15, 0.2) is 12.1 Å². The predicted molar refractivity (Wildman–Crippen MR) is 80.3 cm³/mol. The maximum Gasteiger partial charge on any atom is 0.178 e. The fraction of sp³-hybridized carbons (Fsp3) is 0.500. The van der Waals surface area contributed by atoms with Crippen molar-refractivity contribution in [2.24, 2.45) is 5.41 Å². The molecule has 3 rings (SSSR count). The van der Waals surface area contributed by atoms with Gasteiger partial charge in [-0.05, 0) is 43.0 Å². The van der Waals surface area contributed by atoms with Crippen LogP contribution in [0, 0.1) is 16.0 Å². The summed E-state index contributed by atoms with van der Waals surface area (Å²) in [5.74, 6) is -0.428. The van der Waals surface area contributed by atoms with Gasteiger partial charge in [0.05, 0.1) is 16.1 Å². The molecule has 1 aromatic carbocycles. The van der Waals surface area contributed by atoms with E-state index in [0.717, 1.165) is 25.1 Å². The summed E-state index contributed by atoms with van der Waals surface area (Å²) in [6.45, 7) is 1.59. The quantitative estimate of drug-likeness (QED) is 0.834. The maximum atomic E-state index is 13.5. The van der Waals surface area contributed by atoms with Crippen molar-refractivity contribution >= 4 is 34.9 Å². The number of H-pyrrole nitrogens is 1. The molecule has 6 heteroatoms. The van der Waals surface area contributed by atoms with Crippen LogP contribution in [0.1, 0.15) is 19.3 Å². The predicted octanol–water partition coefficient (Wildman–Crippen LogP) is 4.31. The Morgan fingerprint density at radius 3 is 2.90 bits per heavy atom. The first-order valence-electron chi connectivity index (χ1n) is 6.61. The second-order valence-electron chi connectivity index (χ2n) is 5.54. The Kier molecular flexibility index (Phi) is 3.60. The molecule has 1 aromatic heterocycles. The molecule has 20 heavy (non-hydrogen) atoms. The van der Waals surface area contributed by atoms with E-state index < -0.39 is 5.82 Å². The summed E-state index contributed by atoms with van der Waals surface area (Å²) < 4.78 is 21.3. The minimum Gasteiger partial charge on any atom is -0.385 e. The van der Waals surface area contributed by atoms with Crippen molar-refractivity contribution in [2.45, 2.75) is 25.8 Å². The minimum atomic E-state index is -0.428. The average Bonchev–Trinajstić information content (AvgIpc) is 3.12. The van der Waals surface area contributed by atoms with E-state index in [4.69, 9.17) is 28.6 Å². The first-order valence-corrected chi connectivity index (χ1v) is 7.40. The van der Waals surface area contributed by atoms with Gasteiger partial charge in [0.25, 0.3) is 0 Å². The smallest absolute Gasteiger partial charge is 0.178 e. The summed E-state index contributed by atoms with van der Waals surface area (Å²) in [5.41, 5.74) is 1.83. The molecule has 1 saturated carbocycles. The van der Waals surface area contributed by atoms with Crippen molar-refractivity contribution in [3.63, 3.8) is 0 Å². The first kappa shape index (κ1) is 14.0. The number of halogens is 2. The van der Waals surface area contributed by atoms with Crippen LogP contribution in [0.25, 0.3) is 11.0 Å². The fourth-order valence-corrected chi connectivity index (χ4v) is 3.06. The zero-order valence-corrected chi connectivity index (χ0v) is 12.8. The van der Waals surface area contributed by atoms with Gasteiger partial charge in [-0.2, -0.15) is 0 Å². The zero-order chi connectivity index (χ0) is 14.3. The molecule has 0 radical (unpaired) electrons. The second-order valence-corrected chi connectivity index (χ2v) is 6.34. The van der Waals surface area contributed by atoms with Crippen molar-refractivity contribution in [1.29, 1.82) is 0 Å². The molecule has 0 aliphatic heterocycles. The standard InChI is InChI=1S/C14H16ClFN2OS/c1-19-5-4-14(2-3-14)8-18-12-6-9(15)10(16)7-11(12)17-13(18)20/h6-7H,2-5,8H2,1H3,(H,17,20). The van der Waals surface area contributed by atoms with Gasteiger partial charge >= 0.3 is 0 Å². The Bertz CT molecular complexity index is 705. The third-order valence-electron chi connectivity index (χ3n) is 4.10. The molecule has 108 valence electrons. The van der Waals surface area contributed by atoms with Gasteiger partial charge in [0.2, 0.25) is 0 Å². The highest BCUT2D eigenvalue weighted by Crippen LogP contribution is 2.50. The Labute approximate surface area is 126 Å². The lowest BCUT2D eigenvalue weighted by Gasteiger charge is -2.16. The Hall–Kier alpha value is -0.910. The van der Waals surface area contributed by atoms with Crippen LogP contribution in [0.4, 0.5) is 4.39 Å². The van der Waals surface area contributed by atoms with Crippen molar-refractivity contribution in [2.75, 3.05) is 13.7 Å². The molecule has 2 aromatic rings. The van der Waals surface area contributed by atoms with Crippen LogP contribution in [-0.2, 0) is 11.3 Å². The van der Waals surface area contributed by atoms with Crippen LogP contribution in [0.2, 0.25) is 5.02 Å². The molecule has 0 saturated heterocycles. The lowest BCUT2D eigenvalue weighted by Crippen LogP contribution is -2.14. The fourth-order valence-electron chi connectivity index (χ4n) is 2.63. The Morgan fingerprint density at radius 2 is 2.25 bits per heavy atom. The molecule has 1 N–H and O–H groups in total. The SMILES string of the molecule is COCCC1(Cn2c(=S)[nH]c3cc(F)c(Cl)cc32)CC1.